The Balaban J connectivity index is 1.87. The summed E-state index contributed by atoms with van der Waals surface area (Å²) in [5.41, 5.74) is 2.76. The number of hydrogen-bond acceptors (Lipinski definition) is 4. The molecule has 2 heterocycles. The minimum atomic E-state index is -0.323. The number of aryl methyl sites for hydroxylation is 1. The molecule has 0 radical (unpaired) electrons. The third-order valence-corrected chi connectivity index (χ3v) is 3.29. The van der Waals surface area contributed by atoms with Gasteiger partial charge in [0.05, 0.1) is 18.1 Å². The van der Waals surface area contributed by atoms with Crippen LogP contribution in [0.4, 0.5) is 5.69 Å². The number of rotatable bonds is 3. The Morgan fingerprint density at radius 3 is 2.86 bits per heavy atom. The second-order valence-corrected chi connectivity index (χ2v) is 5.04. The molecule has 110 valence electrons. The van der Waals surface area contributed by atoms with Crippen molar-refractivity contribution in [2.75, 3.05) is 5.32 Å². The van der Waals surface area contributed by atoms with Gasteiger partial charge in [-0.3, -0.25) is 4.79 Å². The van der Waals surface area contributed by atoms with Gasteiger partial charge in [-0.2, -0.15) is 0 Å². The number of pyridine rings is 1. The van der Waals surface area contributed by atoms with Gasteiger partial charge in [0, 0.05) is 5.69 Å². The van der Waals surface area contributed by atoms with Crippen LogP contribution in [0.2, 0.25) is 5.15 Å². The molecule has 1 N–H and O–H groups in total. The smallest absolute Gasteiger partial charge is 0.274 e. The number of nitrogens with one attached hydrogen (secondary N) is 1. The summed E-state index contributed by atoms with van der Waals surface area (Å²) in [6, 6.07) is 10.4. The van der Waals surface area contributed by atoms with E-state index in [2.05, 4.69) is 20.6 Å². The molecule has 3 rings (SSSR count). The summed E-state index contributed by atoms with van der Waals surface area (Å²) in [4.78, 5) is 16.2. The maximum Gasteiger partial charge on any atom is 0.274 e. The second kappa shape index (κ2) is 5.95. The van der Waals surface area contributed by atoms with Crippen molar-refractivity contribution in [2.24, 2.45) is 0 Å². The molecule has 0 aliphatic heterocycles. The highest BCUT2D eigenvalue weighted by Crippen LogP contribution is 2.19. The molecule has 0 saturated carbocycles. The molecule has 1 aromatic carbocycles. The lowest BCUT2D eigenvalue weighted by atomic mass is 10.1. The van der Waals surface area contributed by atoms with Gasteiger partial charge in [-0.15, -0.1) is 5.10 Å². The van der Waals surface area contributed by atoms with Crippen LogP contribution in [-0.2, 0) is 0 Å². The van der Waals surface area contributed by atoms with Crippen molar-refractivity contribution in [3.63, 3.8) is 0 Å². The van der Waals surface area contributed by atoms with Crippen LogP contribution in [0.15, 0.2) is 48.8 Å². The average Bonchev–Trinajstić information content (AvgIpc) is 3.03. The van der Waals surface area contributed by atoms with Crippen LogP contribution in [0.1, 0.15) is 16.1 Å². The van der Waals surface area contributed by atoms with Crippen molar-refractivity contribution in [1.82, 2.24) is 20.0 Å². The van der Waals surface area contributed by atoms with E-state index in [1.165, 1.54) is 0 Å². The van der Waals surface area contributed by atoms with Crippen LogP contribution >= 0.6 is 11.6 Å². The van der Waals surface area contributed by atoms with Crippen LogP contribution in [-0.4, -0.2) is 25.9 Å². The normalized spacial score (nSPS) is 10.5. The summed E-state index contributed by atoms with van der Waals surface area (Å²) >= 11 is 5.80. The van der Waals surface area contributed by atoms with E-state index in [1.54, 1.807) is 35.3 Å². The molecule has 0 saturated heterocycles. The number of carbonyl (C=O) groups excluding carboxylic acids is 1. The van der Waals surface area contributed by atoms with Crippen molar-refractivity contribution >= 4 is 23.2 Å². The predicted octanol–water partition coefficient (Wildman–Crippen LogP) is 2.88. The number of hydrogen-bond donors (Lipinski definition) is 1. The van der Waals surface area contributed by atoms with E-state index >= 15 is 0 Å². The molecule has 7 heteroatoms. The number of anilines is 1. The highest BCUT2D eigenvalue weighted by Gasteiger charge is 2.10. The largest absolute Gasteiger partial charge is 0.321 e. The molecule has 0 spiro atoms. The van der Waals surface area contributed by atoms with Crippen molar-refractivity contribution < 1.29 is 4.79 Å². The molecule has 0 aliphatic rings. The second-order valence-electron chi connectivity index (χ2n) is 4.65. The maximum absolute atomic E-state index is 12.2. The van der Waals surface area contributed by atoms with Crippen molar-refractivity contribution in [3.05, 3.63) is 65.2 Å². The number of benzene rings is 1. The summed E-state index contributed by atoms with van der Waals surface area (Å²) in [7, 11) is 0. The van der Waals surface area contributed by atoms with E-state index in [0.29, 0.717) is 5.69 Å². The molecule has 22 heavy (non-hydrogen) atoms. The van der Waals surface area contributed by atoms with Crippen molar-refractivity contribution in [1.29, 1.82) is 0 Å². The Morgan fingerprint density at radius 1 is 1.27 bits per heavy atom. The van der Waals surface area contributed by atoms with Crippen LogP contribution in [0.3, 0.4) is 0 Å². The third-order valence-electron chi connectivity index (χ3n) is 3.08. The Kier molecular flexibility index (Phi) is 3.84. The van der Waals surface area contributed by atoms with Crippen LogP contribution in [0.25, 0.3) is 5.69 Å². The zero-order valence-electron chi connectivity index (χ0n) is 11.7. The molecular weight excluding hydrogens is 302 g/mol. The molecule has 3 aromatic rings. The van der Waals surface area contributed by atoms with Crippen molar-refractivity contribution in [2.45, 2.75) is 6.92 Å². The fourth-order valence-corrected chi connectivity index (χ4v) is 2.16. The van der Waals surface area contributed by atoms with E-state index in [9.17, 15) is 4.79 Å². The topological polar surface area (TPSA) is 72.7 Å². The van der Waals surface area contributed by atoms with Crippen LogP contribution in [0, 0.1) is 6.92 Å². The fourth-order valence-electron chi connectivity index (χ4n) is 2.00. The van der Waals surface area contributed by atoms with Crippen molar-refractivity contribution in [3.8, 4) is 5.69 Å². The third kappa shape index (κ3) is 2.96. The van der Waals surface area contributed by atoms with E-state index in [-0.39, 0.29) is 16.8 Å². The molecule has 0 fully saturated rings. The van der Waals surface area contributed by atoms with E-state index in [1.807, 2.05) is 25.1 Å². The minimum Gasteiger partial charge on any atom is -0.321 e. The standard InChI is InChI=1S/C15H12ClN5O/c1-10-5-6-11(9-13(10)21-8-7-17-20-21)18-15(22)12-3-2-4-14(16)19-12/h2-9H,1H3,(H,18,22). The molecule has 1 amide bonds. The van der Waals surface area contributed by atoms with E-state index in [4.69, 9.17) is 11.6 Å². The molecule has 0 atom stereocenters. The molecule has 0 bridgehead atoms. The Hall–Kier alpha value is -2.73. The summed E-state index contributed by atoms with van der Waals surface area (Å²) in [6.07, 6.45) is 3.34. The van der Waals surface area contributed by atoms with Gasteiger partial charge in [0.1, 0.15) is 10.8 Å². The Labute approximate surface area is 131 Å². The van der Waals surface area contributed by atoms with Gasteiger partial charge in [0.25, 0.3) is 5.91 Å². The first-order valence-electron chi connectivity index (χ1n) is 6.55. The van der Waals surface area contributed by atoms with Crippen LogP contribution in [0.5, 0.6) is 0 Å². The van der Waals surface area contributed by atoms with Gasteiger partial charge < -0.3 is 5.32 Å². The number of aromatic nitrogens is 4. The zero-order chi connectivity index (χ0) is 15.5. The molecule has 0 aliphatic carbocycles. The van der Waals surface area contributed by atoms with E-state index in [0.717, 1.165) is 11.3 Å². The summed E-state index contributed by atoms with van der Waals surface area (Å²) in [5, 5.41) is 10.8. The number of amides is 1. The maximum atomic E-state index is 12.2. The first-order valence-corrected chi connectivity index (χ1v) is 6.92. The zero-order valence-corrected chi connectivity index (χ0v) is 12.4. The predicted molar refractivity (Wildman–Crippen MR) is 83.3 cm³/mol. The summed E-state index contributed by atoms with van der Waals surface area (Å²) in [6.45, 7) is 1.96. The lowest BCUT2D eigenvalue weighted by molar-refractivity contribution is 0.102. The number of carbonyl (C=O) groups is 1. The Bertz CT molecular complexity index is 817. The van der Waals surface area contributed by atoms with Gasteiger partial charge in [0.15, 0.2) is 0 Å². The van der Waals surface area contributed by atoms with Gasteiger partial charge in [-0.25, -0.2) is 9.67 Å². The first-order chi connectivity index (χ1) is 10.6. The van der Waals surface area contributed by atoms with Gasteiger partial charge >= 0.3 is 0 Å². The molecule has 2 aromatic heterocycles. The van der Waals surface area contributed by atoms with Gasteiger partial charge in [0.2, 0.25) is 0 Å². The molecular formula is C15H12ClN5O. The highest BCUT2D eigenvalue weighted by molar-refractivity contribution is 6.29. The first kappa shape index (κ1) is 14.2. The SMILES string of the molecule is Cc1ccc(NC(=O)c2cccc(Cl)n2)cc1-n1ccnn1. The minimum absolute atomic E-state index is 0.260. The lowest BCUT2D eigenvalue weighted by Gasteiger charge is -2.09. The summed E-state index contributed by atoms with van der Waals surface area (Å²) < 4.78 is 1.64. The van der Waals surface area contributed by atoms with Gasteiger partial charge in [-0.1, -0.05) is 28.9 Å². The lowest BCUT2D eigenvalue weighted by Crippen LogP contribution is -2.14. The fraction of sp³-hybridized carbons (Fsp3) is 0.0667. The van der Waals surface area contributed by atoms with Gasteiger partial charge in [-0.05, 0) is 36.8 Å². The average molecular weight is 314 g/mol. The summed E-state index contributed by atoms with van der Waals surface area (Å²) in [5.74, 6) is -0.323. The monoisotopic (exact) mass is 313 g/mol. The highest BCUT2D eigenvalue weighted by atomic mass is 35.5. The van der Waals surface area contributed by atoms with Crippen LogP contribution < -0.4 is 5.32 Å². The Morgan fingerprint density at radius 2 is 2.14 bits per heavy atom. The number of nitrogens with zero attached hydrogens (tertiary/aromatic N) is 4. The molecule has 0 unspecified atom stereocenters. The van der Waals surface area contributed by atoms with E-state index < -0.39 is 0 Å². The molecule has 6 nitrogen and oxygen atoms in total. The quantitative estimate of drug-likeness (QED) is 0.755. The number of halogens is 1.